The van der Waals surface area contributed by atoms with Gasteiger partial charge in [-0.05, 0) is 25.5 Å². The first-order chi connectivity index (χ1) is 17.2. The molecule has 1 aromatic carbocycles. The third-order valence-corrected chi connectivity index (χ3v) is 6.06. The topological polar surface area (TPSA) is 160 Å². The van der Waals surface area contributed by atoms with E-state index in [1.165, 1.54) is 24.1 Å². The maximum atomic E-state index is 12.9. The van der Waals surface area contributed by atoms with Crippen molar-refractivity contribution in [1.29, 1.82) is 5.26 Å². The molecule has 0 aliphatic rings. The van der Waals surface area contributed by atoms with Gasteiger partial charge in [0.05, 0.1) is 34.9 Å². The van der Waals surface area contributed by atoms with E-state index in [1.807, 2.05) is 32.9 Å². The molecule has 0 aliphatic carbocycles. The maximum absolute atomic E-state index is 12.9. The average Bonchev–Trinajstić information content (AvgIpc) is 3.38. The molecule has 4 rings (SSSR count). The Morgan fingerprint density at radius 2 is 1.94 bits per heavy atom. The van der Waals surface area contributed by atoms with Crippen molar-refractivity contribution in [3.8, 4) is 11.8 Å². The maximum Gasteiger partial charge on any atom is 0.296 e. The molecule has 11 heteroatoms. The lowest BCUT2D eigenvalue weighted by molar-refractivity contribution is 0.101. The molecule has 182 valence electrons. The minimum Gasteiger partial charge on any atom is -0.501 e. The monoisotopic (exact) mass is 485 g/mol. The van der Waals surface area contributed by atoms with Gasteiger partial charge in [0.15, 0.2) is 5.69 Å². The zero-order valence-electron chi connectivity index (χ0n) is 20.1. The van der Waals surface area contributed by atoms with Gasteiger partial charge in [-0.2, -0.15) is 5.26 Å². The molecule has 0 fully saturated rings. The molecule has 0 bridgehead atoms. The van der Waals surface area contributed by atoms with Crippen LogP contribution in [-0.2, 0) is 7.05 Å². The first-order valence-corrected chi connectivity index (χ1v) is 11.0. The van der Waals surface area contributed by atoms with Gasteiger partial charge in [-0.3, -0.25) is 24.1 Å². The van der Waals surface area contributed by atoms with Crippen LogP contribution in [0.5, 0.6) is 5.75 Å². The Morgan fingerprint density at radius 1 is 1.19 bits per heavy atom. The second kappa shape index (κ2) is 9.79. The average molecular weight is 486 g/mol. The highest BCUT2D eigenvalue weighted by Gasteiger charge is 2.32. The van der Waals surface area contributed by atoms with Crippen molar-refractivity contribution in [2.75, 3.05) is 5.32 Å². The lowest BCUT2D eigenvalue weighted by Crippen LogP contribution is -2.30. The zero-order chi connectivity index (χ0) is 26.0. The molecule has 4 aromatic rings. The van der Waals surface area contributed by atoms with Crippen LogP contribution in [-0.4, -0.2) is 35.7 Å². The Hall–Kier alpha value is -4.85. The van der Waals surface area contributed by atoms with Crippen LogP contribution >= 0.6 is 0 Å². The second-order valence-electron chi connectivity index (χ2n) is 8.33. The molecule has 0 saturated carbocycles. The second-order valence-corrected chi connectivity index (χ2v) is 8.33. The molecule has 2 N–H and O–H groups in total. The van der Waals surface area contributed by atoms with Crippen molar-refractivity contribution in [2.24, 2.45) is 7.05 Å². The fourth-order valence-electron chi connectivity index (χ4n) is 4.04. The summed E-state index contributed by atoms with van der Waals surface area (Å²) in [5.74, 6) is -2.48. The van der Waals surface area contributed by atoms with Gasteiger partial charge in [0.2, 0.25) is 5.75 Å². The van der Waals surface area contributed by atoms with Gasteiger partial charge < -0.3 is 14.9 Å². The van der Waals surface area contributed by atoms with Crippen LogP contribution in [0.15, 0.2) is 52.2 Å². The first-order valence-electron chi connectivity index (χ1n) is 11.0. The fraction of sp³-hybridized carbons (Fsp3) is 0.240. The summed E-state index contributed by atoms with van der Waals surface area (Å²) in [6.45, 7) is 5.50. The highest BCUT2D eigenvalue weighted by atomic mass is 16.5. The quantitative estimate of drug-likeness (QED) is 0.418. The Labute approximate surface area is 206 Å². The number of hydrogen-bond acceptors (Lipinski definition) is 9. The van der Waals surface area contributed by atoms with Gasteiger partial charge >= 0.3 is 0 Å². The predicted octanol–water partition coefficient (Wildman–Crippen LogP) is 2.94. The Balaban J connectivity index is 1.89. The standard InChI is InChI=1S/C25H23N7O4/c1-13(20(18-8-6-5-7-16(18)9-26)19-11-27-14(2)15(3)29-19)23-31-21(22(33)25(35)32(23)4)24(34)30-17-10-28-36-12-17/h5-8,10-13,20,33H,1-4H3,(H,30,34)/t13-,20-/m0/s1. The van der Waals surface area contributed by atoms with E-state index in [-0.39, 0.29) is 11.5 Å². The van der Waals surface area contributed by atoms with Crippen molar-refractivity contribution < 1.29 is 14.4 Å². The van der Waals surface area contributed by atoms with Crippen LogP contribution in [0.1, 0.15) is 63.3 Å². The molecule has 3 heterocycles. The van der Waals surface area contributed by atoms with Crippen molar-refractivity contribution in [1.82, 2.24) is 24.7 Å². The molecule has 0 aliphatic heterocycles. The molecule has 2 atom stereocenters. The Kier molecular flexibility index (Phi) is 6.60. The lowest BCUT2D eigenvalue weighted by Gasteiger charge is -2.26. The van der Waals surface area contributed by atoms with Crippen LogP contribution < -0.4 is 10.9 Å². The molecular weight excluding hydrogens is 462 g/mol. The summed E-state index contributed by atoms with van der Waals surface area (Å²) < 4.78 is 5.89. The van der Waals surface area contributed by atoms with E-state index in [0.717, 1.165) is 11.4 Å². The number of aryl methyl sites for hydroxylation is 2. The van der Waals surface area contributed by atoms with E-state index in [2.05, 4.69) is 26.5 Å². The first kappa shape index (κ1) is 24.3. The summed E-state index contributed by atoms with van der Waals surface area (Å²) in [5.41, 5.74) is 2.17. The summed E-state index contributed by atoms with van der Waals surface area (Å²) in [6, 6.07) is 9.30. The molecule has 1 amide bonds. The van der Waals surface area contributed by atoms with Crippen LogP contribution in [0.3, 0.4) is 0 Å². The molecule has 0 radical (unpaired) electrons. The molecule has 0 saturated heterocycles. The summed E-state index contributed by atoms with van der Waals surface area (Å²) in [5, 5.41) is 26.2. The van der Waals surface area contributed by atoms with Gasteiger partial charge in [0.25, 0.3) is 11.5 Å². The normalized spacial score (nSPS) is 12.5. The molecule has 36 heavy (non-hydrogen) atoms. The molecule has 0 spiro atoms. The summed E-state index contributed by atoms with van der Waals surface area (Å²) in [4.78, 5) is 39.3. The number of nitriles is 1. The van der Waals surface area contributed by atoms with Crippen molar-refractivity contribution in [3.63, 3.8) is 0 Å². The number of carbonyl (C=O) groups is 1. The number of rotatable bonds is 6. The minimum atomic E-state index is -0.804. The van der Waals surface area contributed by atoms with E-state index in [0.29, 0.717) is 16.8 Å². The largest absolute Gasteiger partial charge is 0.501 e. The summed E-state index contributed by atoms with van der Waals surface area (Å²) in [6.07, 6.45) is 4.11. The van der Waals surface area contributed by atoms with Gasteiger partial charge in [0, 0.05) is 25.1 Å². The number of aromatic nitrogens is 5. The fourth-order valence-corrected chi connectivity index (χ4v) is 4.04. The van der Waals surface area contributed by atoms with Crippen LogP contribution in [0.25, 0.3) is 0 Å². The van der Waals surface area contributed by atoms with Crippen LogP contribution in [0.4, 0.5) is 5.69 Å². The number of nitrogens with one attached hydrogen (secondary N) is 1. The summed E-state index contributed by atoms with van der Waals surface area (Å²) >= 11 is 0. The smallest absolute Gasteiger partial charge is 0.296 e. The van der Waals surface area contributed by atoms with Gasteiger partial charge in [-0.1, -0.05) is 30.3 Å². The number of carbonyl (C=O) groups excluding carboxylic acids is 1. The predicted molar refractivity (Wildman–Crippen MR) is 129 cm³/mol. The molecular formula is C25H23N7O4. The third-order valence-electron chi connectivity index (χ3n) is 6.06. The van der Waals surface area contributed by atoms with Gasteiger partial charge in [-0.25, -0.2) is 4.98 Å². The van der Waals surface area contributed by atoms with Gasteiger partial charge in [0.1, 0.15) is 17.8 Å². The Bertz CT molecular complexity index is 1540. The van der Waals surface area contributed by atoms with Gasteiger partial charge in [-0.15, -0.1) is 0 Å². The summed E-state index contributed by atoms with van der Waals surface area (Å²) in [7, 11) is 1.46. The number of nitrogens with zero attached hydrogens (tertiary/aromatic N) is 6. The van der Waals surface area contributed by atoms with Crippen molar-refractivity contribution >= 4 is 11.6 Å². The van der Waals surface area contributed by atoms with E-state index in [1.54, 1.807) is 18.3 Å². The third kappa shape index (κ3) is 4.44. The van der Waals surface area contributed by atoms with Crippen molar-refractivity contribution in [3.05, 3.63) is 93.0 Å². The van der Waals surface area contributed by atoms with Crippen molar-refractivity contribution in [2.45, 2.75) is 32.6 Å². The Morgan fingerprint density at radius 3 is 2.61 bits per heavy atom. The number of aromatic hydroxyl groups is 1. The highest BCUT2D eigenvalue weighted by molar-refractivity contribution is 6.04. The number of benzene rings is 1. The van der Waals surface area contributed by atoms with Crippen LogP contribution in [0.2, 0.25) is 0 Å². The number of amides is 1. The lowest BCUT2D eigenvalue weighted by atomic mass is 9.81. The highest BCUT2D eigenvalue weighted by Crippen LogP contribution is 2.38. The van der Waals surface area contributed by atoms with E-state index in [9.17, 15) is 20.0 Å². The molecule has 3 aromatic heterocycles. The zero-order valence-corrected chi connectivity index (χ0v) is 20.1. The number of anilines is 1. The van der Waals surface area contributed by atoms with E-state index < -0.39 is 34.7 Å². The molecule has 11 nitrogen and oxygen atoms in total. The van der Waals surface area contributed by atoms with E-state index in [4.69, 9.17) is 9.51 Å². The number of hydrogen-bond donors (Lipinski definition) is 2. The molecule has 0 unspecified atom stereocenters. The SMILES string of the molecule is Cc1ncc([C@H](c2ccccc2C#N)[C@H](C)c2nc(C(=O)Nc3cnoc3)c(O)c(=O)n2C)nc1C. The van der Waals surface area contributed by atoms with Crippen LogP contribution in [0, 0.1) is 25.2 Å². The van der Waals surface area contributed by atoms with E-state index >= 15 is 0 Å². The minimum absolute atomic E-state index is 0.214.